The van der Waals surface area contributed by atoms with Gasteiger partial charge in [0.05, 0.1) is 5.92 Å². The van der Waals surface area contributed by atoms with Gasteiger partial charge in [-0.05, 0) is 36.6 Å². The Kier molecular flexibility index (Phi) is 4.91. The highest BCUT2D eigenvalue weighted by Gasteiger charge is 2.20. The molecular formula is C17H15BrO3. The summed E-state index contributed by atoms with van der Waals surface area (Å²) in [5.41, 5.74) is 2.30. The van der Waals surface area contributed by atoms with Crippen LogP contribution in [0.15, 0.2) is 53.0 Å². The number of ketones is 1. The Morgan fingerprint density at radius 3 is 2.10 bits per heavy atom. The Bertz CT molecular complexity index is 645. The lowest BCUT2D eigenvalue weighted by atomic mass is 9.91. The van der Waals surface area contributed by atoms with Crippen molar-refractivity contribution in [2.75, 3.05) is 0 Å². The van der Waals surface area contributed by atoms with Crippen molar-refractivity contribution in [2.24, 2.45) is 0 Å². The van der Waals surface area contributed by atoms with Crippen molar-refractivity contribution in [1.29, 1.82) is 0 Å². The third-order valence-corrected chi connectivity index (χ3v) is 3.90. The Hall–Kier alpha value is -1.94. The van der Waals surface area contributed by atoms with Gasteiger partial charge < -0.3 is 5.11 Å². The number of aliphatic carboxylic acids is 1. The number of benzene rings is 2. The number of Topliss-reactive ketones (excluding diaryl/α,β-unsaturated/α-hetero) is 1. The molecule has 0 aromatic heterocycles. The van der Waals surface area contributed by atoms with E-state index in [0.29, 0.717) is 12.0 Å². The smallest absolute Gasteiger partial charge is 0.311 e. The number of halogens is 1. The first-order chi connectivity index (χ1) is 9.97. The molecule has 0 fully saturated rings. The maximum atomic E-state index is 11.5. The van der Waals surface area contributed by atoms with Crippen LogP contribution in [-0.2, 0) is 11.2 Å². The van der Waals surface area contributed by atoms with Crippen molar-refractivity contribution >= 4 is 27.7 Å². The van der Waals surface area contributed by atoms with E-state index in [1.807, 2.05) is 36.4 Å². The summed E-state index contributed by atoms with van der Waals surface area (Å²) in [7, 11) is 0. The molecule has 21 heavy (non-hydrogen) atoms. The van der Waals surface area contributed by atoms with Crippen molar-refractivity contribution < 1.29 is 14.7 Å². The summed E-state index contributed by atoms with van der Waals surface area (Å²) in [6.45, 7) is 1.51. The molecule has 0 spiro atoms. The van der Waals surface area contributed by atoms with Crippen LogP contribution in [0.4, 0.5) is 0 Å². The zero-order valence-electron chi connectivity index (χ0n) is 11.5. The predicted molar refractivity (Wildman–Crippen MR) is 84.7 cm³/mol. The maximum Gasteiger partial charge on any atom is 0.311 e. The Balaban J connectivity index is 2.22. The van der Waals surface area contributed by atoms with Gasteiger partial charge in [0.1, 0.15) is 0 Å². The summed E-state index contributed by atoms with van der Waals surface area (Å²) in [6.07, 6.45) is 0.398. The molecule has 1 unspecified atom stereocenters. The molecule has 4 heteroatoms. The molecule has 1 N–H and O–H groups in total. The predicted octanol–water partition coefficient (Wildman–Crippen LogP) is 4.06. The van der Waals surface area contributed by atoms with Gasteiger partial charge in [0, 0.05) is 10.0 Å². The van der Waals surface area contributed by atoms with Crippen LogP contribution in [0, 0.1) is 0 Å². The van der Waals surface area contributed by atoms with Crippen molar-refractivity contribution in [3.8, 4) is 0 Å². The van der Waals surface area contributed by atoms with Gasteiger partial charge in [-0.25, -0.2) is 0 Å². The van der Waals surface area contributed by atoms with Gasteiger partial charge in [-0.15, -0.1) is 0 Å². The largest absolute Gasteiger partial charge is 0.481 e. The van der Waals surface area contributed by atoms with E-state index in [2.05, 4.69) is 15.9 Å². The fraction of sp³-hybridized carbons (Fsp3) is 0.176. The molecule has 0 radical (unpaired) electrons. The van der Waals surface area contributed by atoms with Crippen molar-refractivity contribution in [1.82, 2.24) is 0 Å². The monoisotopic (exact) mass is 346 g/mol. The number of hydrogen-bond acceptors (Lipinski definition) is 2. The first kappa shape index (κ1) is 15.4. The molecule has 2 rings (SSSR count). The summed E-state index contributed by atoms with van der Waals surface area (Å²) in [5, 5.41) is 9.43. The van der Waals surface area contributed by atoms with Crippen LogP contribution < -0.4 is 0 Å². The number of carboxylic acid groups (broad SMARTS) is 1. The van der Waals surface area contributed by atoms with Gasteiger partial charge in [-0.3, -0.25) is 9.59 Å². The number of rotatable bonds is 5. The van der Waals surface area contributed by atoms with Crippen molar-refractivity contribution in [2.45, 2.75) is 19.3 Å². The molecule has 0 aliphatic rings. The second-order valence-electron chi connectivity index (χ2n) is 4.90. The molecule has 0 aliphatic carbocycles. The van der Waals surface area contributed by atoms with Gasteiger partial charge in [0.2, 0.25) is 0 Å². The van der Waals surface area contributed by atoms with Gasteiger partial charge in [0.15, 0.2) is 5.78 Å². The zero-order valence-corrected chi connectivity index (χ0v) is 13.1. The van der Waals surface area contributed by atoms with Crippen LogP contribution >= 0.6 is 15.9 Å². The normalized spacial score (nSPS) is 11.9. The summed E-state index contributed by atoms with van der Waals surface area (Å²) < 4.78 is 0.918. The summed E-state index contributed by atoms with van der Waals surface area (Å²) in [5.74, 6) is -1.45. The third-order valence-electron chi connectivity index (χ3n) is 3.37. The molecular weight excluding hydrogens is 332 g/mol. The van der Waals surface area contributed by atoms with E-state index in [9.17, 15) is 14.7 Å². The first-order valence-corrected chi connectivity index (χ1v) is 7.35. The van der Waals surface area contributed by atoms with E-state index in [-0.39, 0.29) is 5.78 Å². The molecule has 2 aromatic carbocycles. The van der Waals surface area contributed by atoms with Crippen LogP contribution in [-0.4, -0.2) is 16.9 Å². The van der Waals surface area contributed by atoms with Crippen LogP contribution in [0.3, 0.4) is 0 Å². The standard InChI is InChI=1S/C17H15BrO3/c1-11(19)13-4-2-12(3-5-13)10-16(17(20)21)14-6-8-15(18)9-7-14/h2-9,16H,10H2,1H3,(H,20,21). The summed E-state index contributed by atoms with van der Waals surface area (Å²) in [6, 6.07) is 14.4. The van der Waals surface area contributed by atoms with E-state index >= 15 is 0 Å². The van der Waals surface area contributed by atoms with Gasteiger partial charge in [-0.2, -0.15) is 0 Å². The highest BCUT2D eigenvalue weighted by molar-refractivity contribution is 9.10. The molecule has 0 heterocycles. The lowest BCUT2D eigenvalue weighted by Gasteiger charge is -2.13. The molecule has 1 atom stereocenters. The van der Waals surface area contributed by atoms with Gasteiger partial charge in [0.25, 0.3) is 0 Å². The highest BCUT2D eigenvalue weighted by atomic mass is 79.9. The molecule has 0 saturated heterocycles. The average molecular weight is 347 g/mol. The Labute approximate surface area is 131 Å². The molecule has 0 aliphatic heterocycles. The number of carboxylic acids is 1. The van der Waals surface area contributed by atoms with E-state index in [4.69, 9.17) is 0 Å². The van der Waals surface area contributed by atoms with Crippen LogP contribution in [0.2, 0.25) is 0 Å². The van der Waals surface area contributed by atoms with E-state index in [1.54, 1.807) is 12.1 Å². The third kappa shape index (κ3) is 4.02. The Morgan fingerprint density at radius 1 is 1.05 bits per heavy atom. The number of carbonyl (C=O) groups excluding carboxylic acids is 1. The molecule has 0 bridgehead atoms. The van der Waals surface area contributed by atoms with Gasteiger partial charge >= 0.3 is 5.97 Å². The second kappa shape index (κ2) is 6.68. The minimum Gasteiger partial charge on any atom is -0.481 e. The lowest BCUT2D eigenvalue weighted by Crippen LogP contribution is -2.14. The zero-order chi connectivity index (χ0) is 15.4. The van der Waals surface area contributed by atoms with E-state index in [0.717, 1.165) is 15.6 Å². The first-order valence-electron chi connectivity index (χ1n) is 6.55. The van der Waals surface area contributed by atoms with E-state index < -0.39 is 11.9 Å². The van der Waals surface area contributed by atoms with Crippen molar-refractivity contribution in [3.63, 3.8) is 0 Å². The van der Waals surface area contributed by atoms with Crippen molar-refractivity contribution in [3.05, 3.63) is 69.7 Å². The topological polar surface area (TPSA) is 54.4 Å². The van der Waals surface area contributed by atoms with E-state index in [1.165, 1.54) is 6.92 Å². The molecule has 108 valence electrons. The summed E-state index contributed by atoms with van der Waals surface area (Å²) in [4.78, 5) is 22.7. The van der Waals surface area contributed by atoms with Gasteiger partial charge in [-0.1, -0.05) is 52.3 Å². The molecule has 3 nitrogen and oxygen atoms in total. The van der Waals surface area contributed by atoms with Crippen LogP contribution in [0.1, 0.15) is 34.3 Å². The minimum atomic E-state index is -0.854. The van der Waals surface area contributed by atoms with Crippen LogP contribution in [0.25, 0.3) is 0 Å². The summed E-state index contributed by atoms with van der Waals surface area (Å²) >= 11 is 3.34. The number of carbonyl (C=O) groups is 2. The van der Waals surface area contributed by atoms with Crippen LogP contribution in [0.5, 0.6) is 0 Å². The molecule has 0 saturated carbocycles. The quantitative estimate of drug-likeness (QED) is 0.830. The lowest BCUT2D eigenvalue weighted by molar-refractivity contribution is -0.138. The average Bonchev–Trinajstić information content (AvgIpc) is 2.46. The fourth-order valence-electron chi connectivity index (χ4n) is 2.15. The Morgan fingerprint density at radius 2 is 1.62 bits per heavy atom. The molecule has 2 aromatic rings. The fourth-order valence-corrected chi connectivity index (χ4v) is 2.42. The second-order valence-corrected chi connectivity index (χ2v) is 5.82. The highest BCUT2D eigenvalue weighted by Crippen LogP contribution is 2.23. The SMILES string of the molecule is CC(=O)c1ccc(CC(C(=O)O)c2ccc(Br)cc2)cc1. The number of hydrogen-bond donors (Lipinski definition) is 1. The maximum absolute atomic E-state index is 11.5. The molecule has 0 amide bonds. The minimum absolute atomic E-state index is 0.00393.